The van der Waals surface area contributed by atoms with E-state index in [-0.39, 0.29) is 16.9 Å². The van der Waals surface area contributed by atoms with Crippen molar-refractivity contribution in [3.8, 4) is 5.75 Å². The van der Waals surface area contributed by atoms with Crippen molar-refractivity contribution in [3.63, 3.8) is 0 Å². The molecule has 2 N–H and O–H groups in total. The Hall–Kier alpha value is -2.13. The van der Waals surface area contributed by atoms with Gasteiger partial charge in [-0.3, -0.25) is 9.59 Å². The minimum Gasteiger partial charge on any atom is -0.506 e. The van der Waals surface area contributed by atoms with E-state index in [2.05, 4.69) is 37.2 Å². The lowest BCUT2D eigenvalue weighted by Gasteiger charge is -2.07. The number of phenols is 1. The van der Waals surface area contributed by atoms with Crippen molar-refractivity contribution in [2.45, 2.75) is 6.18 Å². The van der Waals surface area contributed by atoms with Crippen molar-refractivity contribution in [1.82, 2.24) is 0 Å². The van der Waals surface area contributed by atoms with Crippen LogP contribution in [0.15, 0.2) is 39.3 Å². The van der Waals surface area contributed by atoms with Gasteiger partial charge in [-0.2, -0.15) is 13.2 Å². The maximum Gasteiger partial charge on any atom is 0.454 e. The third-order valence-electron chi connectivity index (χ3n) is 3.67. The fourth-order valence-electron chi connectivity index (χ4n) is 2.47. The molecule has 0 unspecified atom stereocenters. The molecule has 2 aromatic carbocycles. The van der Waals surface area contributed by atoms with E-state index in [0.29, 0.717) is 20.2 Å². The van der Waals surface area contributed by atoms with Crippen molar-refractivity contribution in [3.05, 3.63) is 56.0 Å². The van der Waals surface area contributed by atoms with Crippen LogP contribution in [0.4, 0.5) is 18.9 Å². The zero-order chi connectivity index (χ0) is 19.2. The number of alkyl halides is 3. The maximum absolute atomic E-state index is 12.7. The van der Waals surface area contributed by atoms with E-state index >= 15 is 0 Å². The quantitative estimate of drug-likeness (QED) is 0.451. The highest BCUT2D eigenvalue weighted by Crippen LogP contribution is 2.38. The third kappa shape index (κ3) is 3.41. The first-order chi connectivity index (χ1) is 12.1. The van der Waals surface area contributed by atoms with Crippen LogP contribution >= 0.6 is 31.9 Å². The first-order valence-electron chi connectivity index (χ1n) is 7.05. The molecule has 0 aliphatic carbocycles. The Morgan fingerprint density at radius 2 is 1.73 bits per heavy atom. The molecule has 3 rings (SSSR count). The lowest BCUT2D eigenvalue weighted by atomic mass is 10.00. The second-order valence-electron chi connectivity index (χ2n) is 5.43. The third-order valence-corrected chi connectivity index (χ3v) is 4.88. The summed E-state index contributed by atoms with van der Waals surface area (Å²) in [5.74, 6) is -2.51. The number of halogens is 5. The Morgan fingerprint density at radius 3 is 2.31 bits per heavy atom. The van der Waals surface area contributed by atoms with Crippen molar-refractivity contribution in [2.75, 3.05) is 5.32 Å². The second kappa shape index (κ2) is 6.55. The van der Waals surface area contributed by atoms with Crippen LogP contribution in [0.3, 0.4) is 0 Å². The summed E-state index contributed by atoms with van der Waals surface area (Å²) in [6.45, 7) is 0. The average Bonchev–Trinajstić information content (AvgIpc) is 2.86. The van der Waals surface area contributed by atoms with Gasteiger partial charge in [0.15, 0.2) is 0 Å². The summed E-state index contributed by atoms with van der Waals surface area (Å²) in [6, 6.07) is 6.41. The van der Waals surface area contributed by atoms with Gasteiger partial charge < -0.3 is 10.4 Å². The zero-order valence-electron chi connectivity index (χ0n) is 12.6. The van der Waals surface area contributed by atoms with Gasteiger partial charge in [0.25, 0.3) is 11.7 Å². The second-order valence-corrected chi connectivity index (χ2v) is 7.14. The zero-order valence-corrected chi connectivity index (χ0v) is 15.8. The number of Topliss-reactive ketones (excluding diaryl/α,β-unsaturated/α-hetero) is 1. The number of nitrogens with one attached hydrogen (secondary N) is 1. The highest BCUT2D eigenvalue weighted by molar-refractivity contribution is 9.11. The summed E-state index contributed by atoms with van der Waals surface area (Å²) in [7, 11) is 0. The molecule has 1 aliphatic rings. The molecule has 0 spiro atoms. The molecule has 0 aromatic heterocycles. The molecule has 1 heterocycles. The van der Waals surface area contributed by atoms with Crippen LogP contribution in [0.25, 0.3) is 11.6 Å². The molecule has 4 nitrogen and oxygen atoms in total. The van der Waals surface area contributed by atoms with Crippen LogP contribution in [0, 0.1) is 0 Å². The fourth-order valence-corrected chi connectivity index (χ4v) is 3.69. The van der Waals surface area contributed by atoms with E-state index in [9.17, 15) is 27.9 Å². The summed E-state index contributed by atoms with van der Waals surface area (Å²) >= 11 is 6.33. The molecular formula is C17H8Br2F3NO3. The van der Waals surface area contributed by atoms with Crippen LogP contribution in [0.2, 0.25) is 0 Å². The normalized spacial score (nSPS) is 15.1. The van der Waals surface area contributed by atoms with Crippen LogP contribution in [0.5, 0.6) is 5.75 Å². The maximum atomic E-state index is 12.7. The fraction of sp³-hybridized carbons (Fsp3) is 0.0588. The number of rotatable bonds is 2. The molecular weight excluding hydrogens is 483 g/mol. The minimum atomic E-state index is -5.00. The Morgan fingerprint density at radius 1 is 1.12 bits per heavy atom. The van der Waals surface area contributed by atoms with Gasteiger partial charge in [0.05, 0.1) is 8.95 Å². The van der Waals surface area contributed by atoms with Gasteiger partial charge in [0, 0.05) is 22.4 Å². The summed E-state index contributed by atoms with van der Waals surface area (Å²) in [5.41, 5.74) is 0.599. The molecule has 0 radical (unpaired) electrons. The van der Waals surface area contributed by atoms with Crippen LogP contribution in [-0.4, -0.2) is 23.0 Å². The van der Waals surface area contributed by atoms with Gasteiger partial charge in [0.2, 0.25) is 0 Å². The smallest absolute Gasteiger partial charge is 0.454 e. The average molecular weight is 491 g/mol. The summed E-state index contributed by atoms with van der Waals surface area (Å²) in [4.78, 5) is 23.6. The molecule has 0 fully saturated rings. The summed E-state index contributed by atoms with van der Waals surface area (Å²) in [6.07, 6.45) is -3.54. The number of ketones is 1. The first-order valence-corrected chi connectivity index (χ1v) is 8.63. The molecule has 0 saturated heterocycles. The number of carbonyl (C=O) groups excluding carboxylic acids is 2. The molecule has 134 valence electrons. The Balaban J connectivity index is 2.10. The van der Waals surface area contributed by atoms with Crippen LogP contribution in [-0.2, 0) is 4.79 Å². The van der Waals surface area contributed by atoms with Gasteiger partial charge in [-0.05, 0) is 73.8 Å². The van der Waals surface area contributed by atoms with Gasteiger partial charge in [0.1, 0.15) is 5.75 Å². The minimum absolute atomic E-state index is 0.0264. The predicted molar refractivity (Wildman–Crippen MR) is 96.8 cm³/mol. The number of carbonyl (C=O) groups is 2. The van der Waals surface area contributed by atoms with Crippen LogP contribution < -0.4 is 5.32 Å². The molecule has 1 amide bonds. The number of amides is 1. The number of phenolic OH excluding ortho intramolecular Hbond substituents is 1. The molecule has 9 heteroatoms. The molecule has 26 heavy (non-hydrogen) atoms. The molecule has 1 aliphatic heterocycles. The first kappa shape index (κ1) is 18.7. The number of hydrogen-bond acceptors (Lipinski definition) is 3. The van der Waals surface area contributed by atoms with Gasteiger partial charge in [-0.15, -0.1) is 0 Å². The Kier molecular flexibility index (Phi) is 4.70. The van der Waals surface area contributed by atoms with E-state index in [4.69, 9.17) is 0 Å². The van der Waals surface area contributed by atoms with E-state index in [0.717, 1.165) is 12.1 Å². The molecule has 0 saturated carbocycles. The van der Waals surface area contributed by atoms with Gasteiger partial charge in [-0.25, -0.2) is 0 Å². The number of fused-ring (bicyclic) bond motifs is 1. The van der Waals surface area contributed by atoms with E-state index in [1.807, 2.05) is 0 Å². The van der Waals surface area contributed by atoms with Crippen molar-refractivity contribution in [2.24, 2.45) is 0 Å². The lowest BCUT2D eigenvalue weighted by Crippen LogP contribution is -2.22. The Bertz CT molecular complexity index is 961. The molecule has 2 aromatic rings. The van der Waals surface area contributed by atoms with Crippen molar-refractivity contribution < 1.29 is 27.9 Å². The molecule has 0 atom stereocenters. The van der Waals surface area contributed by atoms with Crippen molar-refractivity contribution in [1.29, 1.82) is 0 Å². The van der Waals surface area contributed by atoms with E-state index < -0.39 is 23.4 Å². The SMILES string of the molecule is O=C1Nc2ccc(C(=O)C(F)(F)F)cc2C1=Cc1cc(Br)c(O)c(Br)c1. The molecule has 0 bridgehead atoms. The topological polar surface area (TPSA) is 66.4 Å². The Labute approximate surface area is 162 Å². The number of anilines is 1. The number of aromatic hydroxyl groups is 1. The lowest BCUT2D eigenvalue weighted by molar-refractivity contribution is -0.110. The standard InChI is InChI=1S/C17H8Br2F3NO3/c18-11-4-7(5-12(19)14(11)24)3-10-9-6-8(15(25)17(20,21)22)1-2-13(9)23-16(10)26/h1-6,24H,(H,23,26). The number of hydrogen-bond donors (Lipinski definition) is 2. The summed E-state index contributed by atoms with van der Waals surface area (Å²) in [5, 5.41) is 12.3. The predicted octanol–water partition coefficient (Wildman–Crippen LogP) is 5.15. The highest BCUT2D eigenvalue weighted by atomic mass is 79.9. The highest BCUT2D eigenvalue weighted by Gasteiger charge is 2.40. The van der Waals surface area contributed by atoms with Crippen molar-refractivity contribution >= 4 is 60.9 Å². The number of benzene rings is 2. The van der Waals surface area contributed by atoms with E-state index in [1.54, 1.807) is 12.1 Å². The van der Waals surface area contributed by atoms with Gasteiger partial charge >= 0.3 is 6.18 Å². The largest absolute Gasteiger partial charge is 0.506 e. The van der Waals surface area contributed by atoms with E-state index in [1.165, 1.54) is 12.1 Å². The monoisotopic (exact) mass is 489 g/mol. The van der Waals surface area contributed by atoms with Crippen LogP contribution in [0.1, 0.15) is 21.5 Å². The van der Waals surface area contributed by atoms with Gasteiger partial charge in [-0.1, -0.05) is 0 Å². The summed E-state index contributed by atoms with van der Waals surface area (Å²) < 4.78 is 38.7.